The Bertz CT molecular complexity index is 6210. The molecule has 0 aromatic heterocycles. The van der Waals surface area contributed by atoms with Crippen molar-refractivity contribution in [2.75, 3.05) is 0 Å². The lowest BCUT2D eigenvalue weighted by atomic mass is 9.73. The second kappa shape index (κ2) is 33.4. The second-order valence-electron chi connectivity index (χ2n) is 36.7. The monoisotopic (exact) mass is 1670 g/mol. The average Bonchev–Trinajstić information content (AvgIpc) is 0.701. The lowest BCUT2D eigenvalue weighted by molar-refractivity contribution is -0.283. The molecule has 636 valence electrons. The van der Waals surface area contributed by atoms with Crippen molar-refractivity contribution in [1.29, 1.82) is 0 Å². The van der Waals surface area contributed by atoms with Crippen LogP contribution in [-0.4, -0.2) is 51.9 Å². The summed E-state index contributed by atoms with van der Waals surface area (Å²) in [5.74, 6) is -3.46. The summed E-state index contributed by atoms with van der Waals surface area (Å²) in [5.41, 5.74) is 10.1. The minimum Gasteiger partial charge on any atom is -0.508 e. The Morgan fingerprint density at radius 2 is 0.413 bits per heavy atom. The van der Waals surface area contributed by atoms with Gasteiger partial charge < -0.3 is 60.2 Å². The van der Waals surface area contributed by atoms with E-state index in [4.69, 9.17) is 14.2 Å². The molecule has 0 saturated heterocycles. The second-order valence-corrected chi connectivity index (χ2v) is 36.7. The minimum absolute atomic E-state index is 0.0376. The molecule has 15 rings (SSSR count). The number of hydrogen-bond acceptors (Lipinski definition) is 13. The van der Waals surface area contributed by atoms with E-state index in [1.807, 2.05) is 226 Å². The zero-order chi connectivity index (χ0) is 89.8. The van der Waals surface area contributed by atoms with Gasteiger partial charge in [-0.05, 0) is 221 Å². The molecule has 0 spiro atoms. The Kier molecular flexibility index (Phi) is 23.0. The zero-order valence-corrected chi connectivity index (χ0v) is 73.4. The highest BCUT2D eigenvalue weighted by Crippen LogP contribution is 2.56. The number of carbonyl (C=O) groups excluding carboxylic acids is 1. The summed E-state index contributed by atoms with van der Waals surface area (Å²) in [6, 6.07) is 101. The van der Waals surface area contributed by atoms with Gasteiger partial charge in [0.05, 0.1) is 11.1 Å². The molecule has 0 fully saturated rings. The topological polar surface area (TPSA) is 227 Å². The van der Waals surface area contributed by atoms with Crippen molar-refractivity contribution in [1.82, 2.24) is 0 Å². The van der Waals surface area contributed by atoms with Crippen LogP contribution in [0.5, 0.6) is 63.2 Å². The first-order valence-corrected chi connectivity index (χ1v) is 42.4. The number of esters is 1. The van der Waals surface area contributed by atoms with Crippen LogP contribution in [0.2, 0.25) is 0 Å². The van der Waals surface area contributed by atoms with Gasteiger partial charge in [0.25, 0.3) is 0 Å². The van der Waals surface area contributed by atoms with Crippen molar-refractivity contribution in [2.45, 2.75) is 141 Å². The van der Waals surface area contributed by atoms with Crippen LogP contribution in [0.4, 0.5) is 0 Å². The Balaban J connectivity index is 1.11. The maximum absolute atomic E-state index is 17.7. The van der Waals surface area contributed by atoms with E-state index in [0.717, 1.165) is 72.3 Å². The third-order valence-electron chi connectivity index (χ3n) is 26.3. The van der Waals surface area contributed by atoms with Crippen LogP contribution >= 0.6 is 0 Å². The molecule has 0 aliphatic heterocycles. The molecule has 0 heterocycles. The van der Waals surface area contributed by atoms with Gasteiger partial charge in [-0.3, -0.25) is 0 Å². The SMILES string of the molecule is CC(C)(c1ccc(O)cc1)c1ccc(OC(=O)c2c(-c3ccc(C(C)(C)c4ccc(O)cc4)cc3)c(-c3ccc(C(C)(C)c4ccc(O)cc4)cc3)c(C(O)(Oc3ccc(C(C)(C)c4ccc(O)cc4)cc3)Oc3ccc(C(C)(C)c4ccc(O)cc4)cc3O)c(-c3ccc(C(C)(C)c4ccc(O)cc4)cc3)c2-c2ccc(C(C)(C)c3ccc(O)cc3)cc2)cc1. The molecule has 13 nitrogen and oxygen atoms in total. The fourth-order valence-electron chi connectivity index (χ4n) is 17.4. The van der Waals surface area contributed by atoms with Crippen molar-refractivity contribution < 1.29 is 65.0 Å². The number of ether oxygens (including phenoxy) is 3. The number of benzene rings is 15. The lowest BCUT2D eigenvalue weighted by Crippen LogP contribution is -2.41. The van der Waals surface area contributed by atoms with E-state index in [0.29, 0.717) is 27.8 Å². The lowest BCUT2D eigenvalue weighted by Gasteiger charge is -2.36. The summed E-state index contributed by atoms with van der Waals surface area (Å²) in [7, 11) is 0. The Morgan fingerprint density at radius 1 is 0.222 bits per heavy atom. The number of rotatable bonds is 25. The van der Waals surface area contributed by atoms with Gasteiger partial charge in [-0.15, -0.1) is 0 Å². The first kappa shape index (κ1) is 86.7. The molecule has 0 saturated carbocycles. The molecule has 126 heavy (non-hydrogen) atoms. The Morgan fingerprint density at radius 3 is 0.643 bits per heavy atom. The predicted octanol–water partition coefficient (Wildman–Crippen LogP) is 25.8. The molecular formula is C113H106O13. The molecule has 1 atom stereocenters. The molecule has 0 radical (unpaired) electrons. The summed E-state index contributed by atoms with van der Waals surface area (Å²) in [6.45, 7) is 29.1. The van der Waals surface area contributed by atoms with Crippen molar-refractivity contribution in [2.24, 2.45) is 0 Å². The van der Waals surface area contributed by atoms with Crippen LogP contribution < -0.4 is 14.2 Å². The van der Waals surface area contributed by atoms with E-state index in [-0.39, 0.29) is 96.6 Å². The molecule has 0 amide bonds. The van der Waals surface area contributed by atoms with Gasteiger partial charge >= 0.3 is 11.9 Å². The number of phenols is 8. The van der Waals surface area contributed by atoms with Crippen molar-refractivity contribution in [3.8, 4) is 108 Å². The first-order chi connectivity index (χ1) is 59.7. The largest absolute Gasteiger partial charge is 0.508 e. The first-order valence-electron chi connectivity index (χ1n) is 42.4. The summed E-state index contributed by atoms with van der Waals surface area (Å²) >= 11 is 0. The minimum atomic E-state index is -3.15. The van der Waals surface area contributed by atoms with Crippen molar-refractivity contribution >= 4 is 5.97 Å². The number of phenolic OH excluding ortho intramolecular Hbond substituents is 8. The van der Waals surface area contributed by atoms with Crippen LogP contribution in [0.1, 0.15) is 191 Å². The van der Waals surface area contributed by atoms with Crippen LogP contribution in [0, 0.1) is 0 Å². The molecule has 1 unspecified atom stereocenters. The summed E-state index contributed by atoms with van der Waals surface area (Å²) < 4.78 is 22.2. The normalized spacial score (nSPS) is 12.8. The van der Waals surface area contributed by atoms with E-state index < -0.39 is 49.8 Å². The van der Waals surface area contributed by atoms with Crippen molar-refractivity contribution in [3.05, 3.63) is 423 Å². The van der Waals surface area contributed by atoms with Gasteiger partial charge in [0, 0.05) is 60.2 Å². The van der Waals surface area contributed by atoms with Gasteiger partial charge in [-0.25, -0.2) is 4.79 Å². The average molecular weight is 1670 g/mol. The zero-order valence-electron chi connectivity index (χ0n) is 73.4. The maximum atomic E-state index is 17.7. The van der Waals surface area contributed by atoms with Gasteiger partial charge in [-0.1, -0.05) is 309 Å². The van der Waals surface area contributed by atoms with Gasteiger partial charge in [0.15, 0.2) is 11.5 Å². The Hall–Kier alpha value is -14.3. The highest BCUT2D eigenvalue weighted by atomic mass is 16.8. The predicted molar refractivity (Wildman–Crippen MR) is 501 cm³/mol. The van der Waals surface area contributed by atoms with Crippen LogP contribution in [0.15, 0.2) is 334 Å². The van der Waals surface area contributed by atoms with Gasteiger partial charge in [0.2, 0.25) is 0 Å². The highest BCUT2D eigenvalue weighted by molar-refractivity contribution is 6.14. The van der Waals surface area contributed by atoms with E-state index in [1.165, 1.54) is 0 Å². The fourth-order valence-corrected chi connectivity index (χ4v) is 17.4. The number of aromatic hydroxyl groups is 8. The number of hydrogen-bond donors (Lipinski definition) is 9. The number of aliphatic hydroxyl groups is 1. The van der Waals surface area contributed by atoms with Crippen LogP contribution in [0.3, 0.4) is 0 Å². The smallest absolute Gasteiger partial charge is 0.400 e. The third-order valence-corrected chi connectivity index (χ3v) is 26.3. The molecular weight excluding hydrogens is 1570 g/mol. The summed E-state index contributed by atoms with van der Waals surface area (Å²) in [6.07, 6.45) is 0. The van der Waals surface area contributed by atoms with Gasteiger partial charge in [0.1, 0.15) is 51.7 Å². The molecule has 15 aromatic rings. The molecule has 0 bridgehead atoms. The quantitative estimate of drug-likeness (QED) is 0.0148. The maximum Gasteiger partial charge on any atom is 0.400 e. The number of carbonyl (C=O) groups is 1. The summed E-state index contributed by atoms with van der Waals surface area (Å²) in [4.78, 5) is 17.7. The van der Waals surface area contributed by atoms with E-state index >= 15 is 9.90 Å². The highest BCUT2D eigenvalue weighted by Gasteiger charge is 2.47. The van der Waals surface area contributed by atoms with E-state index in [9.17, 15) is 40.9 Å². The van der Waals surface area contributed by atoms with E-state index in [1.54, 1.807) is 121 Å². The van der Waals surface area contributed by atoms with Crippen molar-refractivity contribution in [3.63, 3.8) is 0 Å². The summed E-state index contributed by atoms with van der Waals surface area (Å²) in [5, 5.41) is 103. The van der Waals surface area contributed by atoms with E-state index in [2.05, 4.69) is 83.1 Å². The molecule has 15 aromatic carbocycles. The fraction of sp³-hybridized carbons (Fsp3) is 0.195. The van der Waals surface area contributed by atoms with Gasteiger partial charge in [-0.2, -0.15) is 0 Å². The molecule has 9 N–H and O–H groups in total. The van der Waals surface area contributed by atoms with Crippen LogP contribution in [0.25, 0.3) is 44.5 Å². The molecule has 0 aliphatic rings. The standard InChI is InChI=1S/C113H106O13/c1-106(2,78-31-50-88(114)51-32-78)74-23-15-70(16-24-74)99-101(72-19-27-76(28-20-72)108(5,6)80-35-54-90(116)55-36-80)104(113(123,125-96-66-47-86(48-67-96)111(11,12)83-41-60-93(119)61-42-83)126-98-68-49-87(69-97(98)121)112(13,14)84-43-62-94(120)63-44-84)102(73-21-29-77(30-22-73)109(7,8)81-37-56-91(117)57-38-81)100(71-17-25-75(26-18-71)107(3,4)79-33-52-89(115)53-34-79)103(99)105(122)124-95-64-45-85(46-65-95)110(9,10)82-39-58-92(118)59-40-82/h15-69,114-121,123H,1-14H3. The molecule has 0 aliphatic carbocycles. The Labute approximate surface area is 737 Å². The third kappa shape index (κ3) is 16.9. The van der Waals surface area contributed by atoms with Crippen LogP contribution in [-0.2, 0) is 43.9 Å². The molecule has 13 heteroatoms.